The van der Waals surface area contributed by atoms with E-state index in [1.165, 1.54) is 0 Å². The van der Waals surface area contributed by atoms with Crippen LogP contribution in [0.15, 0.2) is 4.52 Å². The van der Waals surface area contributed by atoms with Gasteiger partial charge in [-0.3, -0.25) is 4.90 Å². The minimum atomic E-state index is -4.30. The third-order valence-corrected chi connectivity index (χ3v) is 3.04. The van der Waals surface area contributed by atoms with Crippen LogP contribution in [0.3, 0.4) is 0 Å². The zero-order valence-electron chi connectivity index (χ0n) is 11.7. The van der Waals surface area contributed by atoms with Gasteiger partial charge in [0.1, 0.15) is 6.61 Å². The van der Waals surface area contributed by atoms with E-state index in [1.807, 2.05) is 0 Å². The van der Waals surface area contributed by atoms with Crippen LogP contribution in [-0.2, 0) is 17.7 Å². The molecule has 0 bridgehead atoms. The van der Waals surface area contributed by atoms with E-state index in [9.17, 15) is 13.2 Å². The fourth-order valence-electron chi connectivity index (χ4n) is 2.06. The van der Waals surface area contributed by atoms with Crippen molar-refractivity contribution < 1.29 is 22.4 Å². The molecule has 9 heteroatoms. The van der Waals surface area contributed by atoms with E-state index >= 15 is 0 Å². The van der Waals surface area contributed by atoms with Gasteiger partial charge >= 0.3 is 6.18 Å². The third-order valence-electron chi connectivity index (χ3n) is 3.04. The van der Waals surface area contributed by atoms with Crippen molar-refractivity contribution in [3.8, 4) is 0 Å². The van der Waals surface area contributed by atoms with Gasteiger partial charge in [-0.05, 0) is 19.5 Å². The molecule has 0 atom stereocenters. The van der Waals surface area contributed by atoms with Gasteiger partial charge in [-0.25, -0.2) is 0 Å². The molecular formula is C12H19F3N4O2. The average molecular weight is 308 g/mol. The molecule has 1 aliphatic rings. The lowest BCUT2D eigenvalue weighted by molar-refractivity contribution is -0.173. The first kappa shape index (κ1) is 16.2. The van der Waals surface area contributed by atoms with Gasteiger partial charge < -0.3 is 14.6 Å². The summed E-state index contributed by atoms with van der Waals surface area (Å²) in [6.07, 6.45) is -3.03. The quantitative estimate of drug-likeness (QED) is 0.791. The number of nitrogens with zero attached hydrogens (tertiary/aromatic N) is 3. The first-order valence-electron chi connectivity index (χ1n) is 6.92. The summed E-state index contributed by atoms with van der Waals surface area (Å²) in [4.78, 5) is 6.37. The number of halogens is 3. The molecule has 21 heavy (non-hydrogen) atoms. The van der Waals surface area contributed by atoms with Crippen molar-refractivity contribution in [3.63, 3.8) is 0 Å². The molecule has 0 amide bonds. The molecule has 0 aliphatic carbocycles. The second-order valence-corrected chi connectivity index (χ2v) is 4.90. The molecule has 0 saturated carbocycles. The molecule has 1 saturated heterocycles. The first-order valence-corrected chi connectivity index (χ1v) is 6.92. The molecule has 2 rings (SSSR count). The minimum Gasteiger partial charge on any atom is -0.372 e. The van der Waals surface area contributed by atoms with Crippen LogP contribution in [0.4, 0.5) is 13.2 Å². The monoisotopic (exact) mass is 308 g/mol. The molecule has 2 heterocycles. The molecule has 0 unspecified atom stereocenters. The largest absolute Gasteiger partial charge is 0.411 e. The van der Waals surface area contributed by atoms with Crippen molar-refractivity contribution in [2.24, 2.45) is 0 Å². The number of hydrogen-bond donors (Lipinski definition) is 1. The molecule has 6 nitrogen and oxygen atoms in total. The molecular weight excluding hydrogens is 289 g/mol. The summed E-state index contributed by atoms with van der Waals surface area (Å²) >= 11 is 0. The lowest BCUT2D eigenvalue weighted by Gasteiger charge is -2.16. The normalized spacial score (nSPS) is 17.9. The fourth-order valence-corrected chi connectivity index (χ4v) is 2.06. The number of alkyl halides is 3. The van der Waals surface area contributed by atoms with Crippen LogP contribution in [0.25, 0.3) is 0 Å². The van der Waals surface area contributed by atoms with Crippen molar-refractivity contribution in [3.05, 3.63) is 11.7 Å². The van der Waals surface area contributed by atoms with Gasteiger partial charge in [0.25, 0.3) is 0 Å². The molecule has 1 aliphatic heterocycles. The number of nitrogens with one attached hydrogen (secondary N) is 1. The van der Waals surface area contributed by atoms with E-state index in [0.717, 1.165) is 32.6 Å². The number of hydrogen-bond acceptors (Lipinski definition) is 6. The summed E-state index contributed by atoms with van der Waals surface area (Å²) in [7, 11) is 0. The number of aromatic nitrogens is 2. The van der Waals surface area contributed by atoms with Crippen LogP contribution < -0.4 is 5.32 Å². The van der Waals surface area contributed by atoms with Crippen LogP contribution in [0.5, 0.6) is 0 Å². The summed E-state index contributed by atoms with van der Waals surface area (Å²) in [6.45, 7) is 3.03. The Bertz CT molecular complexity index is 417. The summed E-state index contributed by atoms with van der Waals surface area (Å²) in [6, 6.07) is 0. The van der Waals surface area contributed by atoms with Crippen molar-refractivity contribution in [1.29, 1.82) is 0 Å². The highest BCUT2D eigenvalue weighted by Gasteiger charge is 2.27. The molecule has 0 aromatic carbocycles. The van der Waals surface area contributed by atoms with E-state index in [4.69, 9.17) is 4.52 Å². The standard InChI is InChI=1S/C12H19F3N4O2/c13-12(14,15)9-20-7-2-10-17-11(21-18-10)8-19-5-1-3-16-4-6-19/h16H,1-9H2. The Hall–Kier alpha value is -1.19. The molecule has 1 fully saturated rings. The van der Waals surface area contributed by atoms with Gasteiger partial charge in [-0.15, -0.1) is 0 Å². The summed E-state index contributed by atoms with van der Waals surface area (Å²) < 4.78 is 45.3. The second-order valence-electron chi connectivity index (χ2n) is 4.90. The first-order chi connectivity index (χ1) is 10.0. The highest BCUT2D eigenvalue weighted by Crippen LogP contribution is 2.14. The Morgan fingerprint density at radius 3 is 2.95 bits per heavy atom. The van der Waals surface area contributed by atoms with E-state index in [0.29, 0.717) is 18.3 Å². The van der Waals surface area contributed by atoms with Crippen LogP contribution in [0.1, 0.15) is 18.1 Å². The van der Waals surface area contributed by atoms with Crippen molar-refractivity contribution in [1.82, 2.24) is 20.4 Å². The van der Waals surface area contributed by atoms with Crippen LogP contribution in [0.2, 0.25) is 0 Å². The zero-order valence-corrected chi connectivity index (χ0v) is 11.7. The molecule has 1 N–H and O–H groups in total. The smallest absolute Gasteiger partial charge is 0.372 e. The van der Waals surface area contributed by atoms with Crippen LogP contribution in [0, 0.1) is 0 Å². The highest BCUT2D eigenvalue weighted by atomic mass is 19.4. The second kappa shape index (κ2) is 7.71. The average Bonchev–Trinajstić information content (AvgIpc) is 2.68. The topological polar surface area (TPSA) is 63.4 Å². The highest BCUT2D eigenvalue weighted by molar-refractivity contribution is 4.87. The molecule has 120 valence electrons. The van der Waals surface area contributed by atoms with Gasteiger partial charge in [-0.2, -0.15) is 18.2 Å². The maximum Gasteiger partial charge on any atom is 0.411 e. The molecule has 1 aromatic heterocycles. The van der Waals surface area contributed by atoms with E-state index in [1.54, 1.807) is 0 Å². The third kappa shape index (κ3) is 6.40. The fraction of sp³-hybridized carbons (Fsp3) is 0.833. The van der Waals surface area contributed by atoms with Gasteiger partial charge in [-0.1, -0.05) is 5.16 Å². The van der Waals surface area contributed by atoms with Crippen molar-refractivity contribution in [2.45, 2.75) is 25.6 Å². The SMILES string of the molecule is FC(F)(F)COCCc1noc(CN2CCCNCC2)n1. The Balaban J connectivity index is 1.70. The van der Waals surface area contributed by atoms with Crippen molar-refractivity contribution >= 4 is 0 Å². The number of ether oxygens (including phenoxy) is 1. The summed E-state index contributed by atoms with van der Waals surface area (Å²) in [5.41, 5.74) is 0. The number of rotatable bonds is 6. The van der Waals surface area contributed by atoms with Crippen LogP contribution in [-0.4, -0.2) is 60.6 Å². The van der Waals surface area contributed by atoms with Gasteiger partial charge in [0.15, 0.2) is 5.82 Å². The van der Waals surface area contributed by atoms with Gasteiger partial charge in [0.2, 0.25) is 5.89 Å². The minimum absolute atomic E-state index is 0.0773. The zero-order chi connectivity index (χ0) is 15.1. The maximum absolute atomic E-state index is 11.9. The van der Waals surface area contributed by atoms with E-state index in [2.05, 4.69) is 25.1 Å². The predicted molar refractivity (Wildman–Crippen MR) is 67.6 cm³/mol. The summed E-state index contributed by atoms with van der Waals surface area (Å²) in [5, 5.41) is 7.05. The maximum atomic E-state index is 11.9. The van der Waals surface area contributed by atoms with Gasteiger partial charge in [0.05, 0.1) is 13.2 Å². The van der Waals surface area contributed by atoms with E-state index < -0.39 is 12.8 Å². The summed E-state index contributed by atoms with van der Waals surface area (Å²) in [5.74, 6) is 0.864. The van der Waals surface area contributed by atoms with E-state index in [-0.39, 0.29) is 13.0 Å². The van der Waals surface area contributed by atoms with Crippen molar-refractivity contribution in [2.75, 3.05) is 39.4 Å². The van der Waals surface area contributed by atoms with Gasteiger partial charge in [0, 0.05) is 19.5 Å². The Labute approximate surface area is 120 Å². The molecule has 0 radical (unpaired) electrons. The Morgan fingerprint density at radius 1 is 1.29 bits per heavy atom. The van der Waals surface area contributed by atoms with Crippen LogP contribution >= 0.6 is 0 Å². The lowest BCUT2D eigenvalue weighted by atomic mass is 10.4. The Morgan fingerprint density at radius 2 is 2.14 bits per heavy atom. The Kier molecular flexibility index (Phi) is 5.95. The predicted octanol–water partition coefficient (Wildman–Crippen LogP) is 0.986. The molecule has 1 aromatic rings. The lowest BCUT2D eigenvalue weighted by Crippen LogP contribution is -2.27. The molecule has 0 spiro atoms.